The van der Waals surface area contributed by atoms with Gasteiger partial charge in [0.25, 0.3) is 0 Å². The molecule has 0 bridgehead atoms. The first-order valence-electron chi connectivity index (χ1n) is 11.8. The van der Waals surface area contributed by atoms with Gasteiger partial charge in [-0.2, -0.15) is 0 Å². The van der Waals surface area contributed by atoms with Crippen molar-refractivity contribution in [3.63, 3.8) is 0 Å². The number of carbonyl (C=O) groups is 1. The van der Waals surface area contributed by atoms with Crippen LogP contribution in [0.3, 0.4) is 0 Å². The molecule has 7 heteroatoms. The summed E-state index contributed by atoms with van der Waals surface area (Å²) in [7, 11) is 0. The van der Waals surface area contributed by atoms with Gasteiger partial charge in [0.2, 0.25) is 5.92 Å². The summed E-state index contributed by atoms with van der Waals surface area (Å²) in [5, 5.41) is 14.4. The molecule has 0 spiro atoms. The van der Waals surface area contributed by atoms with E-state index in [2.05, 4.69) is 34.1 Å². The number of fused-ring (bicyclic) bond motifs is 1. The quantitative estimate of drug-likeness (QED) is 0.454. The van der Waals surface area contributed by atoms with Crippen molar-refractivity contribution in [1.82, 2.24) is 4.57 Å². The molecule has 1 N–H and O–H groups in total. The normalized spacial score (nSPS) is 22.5. The summed E-state index contributed by atoms with van der Waals surface area (Å²) in [5.41, 5.74) is 5.25. The second-order valence-corrected chi connectivity index (χ2v) is 9.67. The van der Waals surface area contributed by atoms with Crippen LogP contribution in [0.4, 0.5) is 8.78 Å². The monoisotopic (exact) mass is 466 g/mol. The lowest BCUT2D eigenvalue weighted by molar-refractivity contribution is -0.0472. The number of nitrogens with zero attached hydrogens (tertiary/aromatic N) is 2. The Labute approximate surface area is 197 Å². The largest absolute Gasteiger partial charge is 0.478 e. The van der Waals surface area contributed by atoms with Crippen molar-refractivity contribution in [3.05, 3.63) is 59.8 Å². The van der Waals surface area contributed by atoms with Crippen molar-refractivity contribution in [2.24, 2.45) is 11.1 Å². The van der Waals surface area contributed by atoms with Gasteiger partial charge >= 0.3 is 5.97 Å². The fourth-order valence-electron chi connectivity index (χ4n) is 5.37. The van der Waals surface area contributed by atoms with Crippen molar-refractivity contribution < 1.29 is 23.5 Å². The van der Waals surface area contributed by atoms with Crippen LogP contribution in [-0.2, 0) is 11.4 Å². The summed E-state index contributed by atoms with van der Waals surface area (Å²) in [6.45, 7) is 4.65. The Kier molecular flexibility index (Phi) is 5.66. The third-order valence-corrected chi connectivity index (χ3v) is 7.28. The van der Waals surface area contributed by atoms with E-state index in [9.17, 15) is 18.7 Å². The molecule has 2 unspecified atom stereocenters. The van der Waals surface area contributed by atoms with E-state index >= 15 is 0 Å². The number of rotatable bonds is 5. The Morgan fingerprint density at radius 1 is 1.18 bits per heavy atom. The Morgan fingerprint density at radius 2 is 1.88 bits per heavy atom. The second-order valence-electron chi connectivity index (χ2n) is 9.67. The molecule has 1 fully saturated rings. The lowest BCUT2D eigenvalue weighted by Crippen LogP contribution is -2.26. The highest BCUT2D eigenvalue weighted by Crippen LogP contribution is 2.39. The molecule has 3 aromatic rings. The SMILES string of the molecule is CC1=NOC(C)C1c1ccc2c(-c3ccc(C(=O)O)cc3)cn(CC3CCC(F)(F)CC3)c2c1. The maximum absolute atomic E-state index is 13.7. The smallest absolute Gasteiger partial charge is 0.335 e. The molecule has 2 aromatic carbocycles. The van der Waals surface area contributed by atoms with Crippen molar-refractivity contribution in [2.45, 2.75) is 64.0 Å². The van der Waals surface area contributed by atoms with Gasteiger partial charge in [-0.25, -0.2) is 13.6 Å². The van der Waals surface area contributed by atoms with E-state index in [0.29, 0.717) is 19.4 Å². The number of alkyl halides is 2. The van der Waals surface area contributed by atoms with Gasteiger partial charge in [-0.3, -0.25) is 0 Å². The molecule has 2 atom stereocenters. The van der Waals surface area contributed by atoms with Crippen LogP contribution >= 0.6 is 0 Å². The first-order chi connectivity index (χ1) is 16.2. The number of aromatic nitrogens is 1. The zero-order chi connectivity index (χ0) is 24.0. The minimum atomic E-state index is -2.55. The standard InChI is InChI=1S/C27H28F2N2O3/c1-16-25(17(2)34-30-16)21-7-8-22-23(19-3-5-20(6-4-19)26(32)33)15-31(24(22)13-21)14-18-9-11-27(28,29)12-10-18/h3-8,13,15,17-18,25H,9-12,14H2,1-2H3,(H,32,33). The summed E-state index contributed by atoms with van der Waals surface area (Å²) in [4.78, 5) is 16.8. The molecule has 5 rings (SSSR count). The van der Waals surface area contributed by atoms with Crippen molar-refractivity contribution in [2.75, 3.05) is 0 Å². The molecule has 0 radical (unpaired) electrons. The van der Waals surface area contributed by atoms with E-state index in [1.807, 2.05) is 26.0 Å². The molecule has 0 amide bonds. The van der Waals surface area contributed by atoms with Crippen LogP contribution in [0, 0.1) is 5.92 Å². The fourth-order valence-corrected chi connectivity index (χ4v) is 5.37. The highest BCUT2D eigenvalue weighted by molar-refractivity contribution is 5.98. The highest BCUT2D eigenvalue weighted by Gasteiger charge is 2.35. The lowest BCUT2D eigenvalue weighted by atomic mass is 9.86. The first-order valence-corrected chi connectivity index (χ1v) is 11.8. The number of carboxylic acid groups (broad SMARTS) is 1. The predicted molar refractivity (Wildman–Crippen MR) is 128 cm³/mol. The Bertz CT molecular complexity index is 1250. The molecule has 1 aromatic heterocycles. The van der Waals surface area contributed by atoms with E-state index in [1.165, 1.54) is 0 Å². The summed E-state index contributed by atoms with van der Waals surface area (Å²) >= 11 is 0. The molecule has 2 heterocycles. The maximum Gasteiger partial charge on any atom is 0.335 e. The topological polar surface area (TPSA) is 63.8 Å². The van der Waals surface area contributed by atoms with E-state index in [4.69, 9.17) is 4.84 Å². The molecule has 34 heavy (non-hydrogen) atoms. The van der Waals surface area contributed by atoms with E-state index in [-0.39, 0.29) is 36.3 Å². The number of aromatic carboxylic acids is 1. The van der Waals surface area contributed by atoms with E-state index < -0.39 is 11.9 Å². The van der Waals surface area contributed by atoms with Gasteiger partial charge in [0.05, 0.1) is 17.2 Å². The van der Waals surface area contributed by atoms with Crippen LogP contribution in [0.5, 0.6) is 0 Å². The molecule has 0 saturated heterocycles. The van der Waals surface area contributed by atoms with Crippen LogP contribution in [0.15, 0.2) is 53.8 Å². The van der Waals surface area contributed by atoms with Crippen LogP contribution in [-0.4, -0.2) is 33.4 Å². The molecule has 1 saturated carbocycles. The number of oxime groups is 1. The number of carboxylic acids is 1. The summed E-state index contributed by atoms with van der Waals surface area (Å²) in [5.74, 6) is -3.25. The Morgan fingerprint density at radius 3 is 2.50 bits per heavy atom. The second kappa shape index (κ2) is 8.53. The van der Waals surface area contributed by atoms with Gasteiger partial charge in [-0.1, -0.05) is 29.4 Å². The maximum atomic E-state index is 13.7. The average molecular weight is 467 g/mol. The summed E-state index contributed by atoms with van der Waals surface area (Å²) in [6, 6.07) is 13.2. The van der Waals surface area contributed by atoms with Crippen LogP contribution < -0.4 is 0 Å². The minimum absolute atomic E-state index is 0.0514. The highest BCUT2D eigenvalue weighted by atomic mass is 19.3. The van der Waals surface area contributed by atoms with Crippen LogP contribution in [0.1, 0.15) is 61.4 Å². The number of halogens is 2. The van der Waals surface area contributed by atoms with Gasteiger partial charge in [0, 0.05) is 42.0 Å². The molecule has 178 valence electrons. The van der Waals surface area contributed by atoms with Crippen molar-refractivity contribution >= 4 is 22.6 Å². The van der Waals surface area contributed by atoms with Gasteiger partial charge < -0.3 is 14.5 Å². The van der Waals surface area contributed by atoms with Gasteiger partial charge in [-0.05, 0) is 61.9 Å². The van der Waals surface area contributed by atoms with Crippen LogP contribution in [0.25, 0.3) is 22.0 Å². The molecule has 2 aliphatic rings. The van der Waals surface area contributed by atoms with Crippen molar-refractivity contribution in [3.8, 4) is 11.1 Å². The third kappa shape index (κ3) is 4.19. The lowest BCUT2D eigenvalue weighted by Gasteiger charge is -2.28. The third-order valence-electron chi connectivity index (χ3n) is 7.28. The van der Waals surface area contributed by atoms with Crippen molar-refractivity contribution in [1.29, 1.82) is 0 Å². The predicted octanol–water partition coefficient (Wildman–Crippen LogP) is 6.71. The molecular weight excluding hydrogens is 438 g/mol. The number of hydrogen-bond donors (Lipinski definition) is 1. The Hall–Kier alpha value is -3.22. The molecule has 1 aliphatic heterocycles. The minimum Gasteiger partial charge on any atom is -0.478 e. The number of benzene rings is 2. The molecule has 1 aliphatic carbocycles. The summed E-state index contributed by atoms with van der Waals surface area (Å²) in [6.07, 6.45) is 2.93. The van der Waals surface area contributed by atoms with E-state index in [0.717, 1.165) is 33.3 Å². The zero-order valence-electron chi connectivity index (χ0n) is 19.3. The average Bonchev–Trinajstić information content (AvgIpc) is 3.34. The van der Waals surface area contributed by atoms with E-state index in [1.54, 1.807) is 12.1 Å². The number of hydrogen-bond acceptors (Lipinski definition) is 3. The Balaban J connectivity index is 1.56. The zero-order valence-corrected chi connectivity index (χ0v) is 19.3. The van der Waals surface area contributed by atoms with Gasteiger partial charge in [-0.15, -0.1) is 0 Å². The summed E-state index contributed by atoms with van der Waals surface area (Å²) < 4.78 is 29.6. The van der Waals surface area contributed by atoms with Gasteiger partial charge in [0.15, 0.2) is 0 Å². The molecular formula is C27H28F2N2O3. The van der Waals surface area contributed by atoms with Gasteiger partial charge in [0.1, 0.15) is 6.10 Å². The first kappa shape index (κ1) is 22.6. The molecule has 5 nitrogen and oxygen atoms in total. The fraction of sp³-hybridized carbons (Fsp3) is 0.407. The van der Waals surface area contributed by atoms with Crippen LogP contribution in [0.2, 0.25) is 0 Å².